The summed E-state index contributed by atoms with van der Waals surface area (Å²) in [6, 6.07) is -0.828. The smallest absolute Gasteiger partial charge is 0.320 e. The standard InChI is InChI=1S/C13H26N2O4/c1-3-13(2,7-9-16)12(19)15-8-5-4-6-10(14)11(17)18/h10,16H,3-9,14H2,1-2H3,(H,15,19)(H,17,18). The quantitative estimate of drug-likeness (QED) is 0.433. The van der Waals surface area contributed by atoms with Crippen LogP contribution >= 0.6 is 0 Å². The number of carbonyl (C=O) groups excluding carboxylic acids is 1. The summed E-state index contributed by atoms with van der Waals surface area (Å²) in [6.45, 7) is 4.25. The normalized spacial score (nSPS) is 15.6. The fraction of sp³-hybridized carbons (Fsp3) is 0.846. The number of aliphatic carboxylic acids is 1. The lowest BCUT2D eigenvalue weighted by Crippen LogP contribution is -2.39. The van der Waals surface area contributed by atoms with Gasteiger partial charge in [-0.05, 0) is 32.1 Å². The number of amides is 1. The number of carboxylic acids is 1. The van der Waals surface area contributed by atoms with Gasteiger partial charge in [0.05, 0.1) is 0 Å². The van der Waals surface area contributed by atoms with Crippen LogP contribution < -0.4 is 11.1 Å². The third-order valence-corrected chi connectivity index (χ3v) is 3.54. The van der Waals surface area contributed by atoms with Crippen molar-refractivity contribution in [2.24, 2.45) is 11.1 Å². The molecular formula is C13H26N2O4. The minimum absolute atomic E-state index is 0.00871. The van der Waals surface area contributed by atoms with Crippen molar-refractivity contribution in [3.8, 4) is 0 Å². The van der Waals surface area contributed by atoms with E-state index in [1.165, 1.54) is 0 Å². The van der Waals surface area contributed by atoms with E-state index >= 15 is 0 Å². The molecule has 0 aliphatic heterocycles. The van der Waals surface area contributed by atoms with Crippen molar-refractivity contribution in [1.29, 1.82) is 0 Å². The molecule has 0 fully saturated rings. The minimum Gasteiger partial charge on any atom is -0.480 e. The van der Waals surface area contributed by atoms with Gasteiger partial charge < -0.3 is 21.3 Å². The van der Waals surface area contributed by atoms with Crippen LogP contribution in [0.3, 0.4) is 0 Å². The number of hydrogen-bond donors (Lipinski definition) is 4. The van der Waals surface area contributed by atoms with E-state index in [1.54, 1.807) is 0 Å². The van der Waals surface area contributed by atoms with Gasteiger partial charge in [0.15, 0.2) is 0 Å². The van der Waals surface area contributed by atoms with Crippen LogP contribution in [0.2, 0.25) is 0 Å². The van der Waals surface area contributed by atoms with E-state index in [0.717, 1.165) is 0 Å². The molecule has 112 valence electrons. The van der Waals surface area contributed by atoms with Crippen LogP contribution in [0.5, 0.6) is 0 Å². The summed E-state index contributed by atoms with van der Waals surface area (Å²) < 4.78 is 0. The molecule has 0 heterocycles. The average Bonchev–Trinajstić information content (AvgIpc) is 2.37. The summed E-state index contributed by atoms with van der Waals surface area (Å²) in [4.78, 5) is 22.4. The first-order valence-corrected chi connectivity index (χ1v) is 6.75. The highest BCUT2D eigenvalue weighted by Gasteiger charge is 2.30. The molecule has 2 atom stereocenters. The number of unbranched alkanes of at least 4 members (excludes halogenated alkanes) is 1. The molecule has 0 bridgehead atoms. The summed E-state index contributed by atoms with van der Waals surface area (Å²) in [6.07, 6.45) is 2.89. The summed E-state index contributed by atoms with van der Waals surface area (Å²) in [5.41, 5.74) is 4.84. The molecule has 6 nitrogen and oxygen atoms in total. The second-order valence-corrected chi connectivity index (χ2v) is 5.08. The molecule has 0 rings (SSSR count). The van der Waals surface area contributed by atoms with Crippen LogP contribution in [0.25, 0.3) is 0 Å². The number of aliphatic hydroxyl groups excluding tert-OH is 1. The zero-order valence-corrected chi connectivity index (χ0v) is 11.8. The van der Waals surface area contributed by atoms with Gasteiger partial charge in [-0.25, -0.2) is 0 Å². The molecule has 6 heteroatoms. The van der Waals surface area contributed by atoms with Crippen molar-refractivity contribution in [3.05, 3.63) is 0 Å². The third kappa shape index (κ3) is 6.54. The Morgan fingerprint density at radius 2 is 2.00 bits per heavy atom. The van der Waals surface area contributed by atoms with Gasteiger partial charge in [-0.3, -0.25) is 9.59 Å². The fourth-order valence-electron chi connectivity index (χ4n) is 1.73. The number of rotatable bonds is 10. The Kier molecular flexibility index (Phi) is 8.34. The molecule has 0 saturated heterocycles. The van der Waals surface area contributed by atoms with Crippen LogP contribution in [0.4, 0.5) is 0 Å². The lowest BCUT2D eigenvalue weighted by molar-refractivity contribution is -0.138. The fourth-order valence-corrected chi connectivity index (χ4v) is 1.73. The van der Waals surface area contributed by atoms with Gasteiger partial charge in [-0.2, -0.15) is 0 Å². The maximum Gasteiger partial charge on any atom is 0.320 e. The molecule has 0 aromatic heterocycles. The molecule has 5 N–H and O–H groups in total. The topological polar surface area (TPSA) is 113 Å². The van der Waals surface area contributed by atoms with Gasteiger partial charge in [-0.15, -0.1) is 0 Å². The predicted octanol–water partition coefficient (Wildman–Crippen LogP) is 0.484. The SMILES string of the molecule is CCC(C)(CCO)C(=O)NCCCCC(N)C(=O)O. The highest BCUT2D eigenvalue weighted by atomic mass is 16.4. The Hall–Kier alpha value is -1.14. The molecule has 0 aliphatic rings. The van der Waals surface area contributed by atoms with Crippen LogP contribution in [0.1, 0.15) is 46.0 Å². The molecule has 0 saturated carbocycles. The maximum atomic E-state index is 12.0. The maximum absolute atomic E-state index is 12.0. The van der Waals surface area contributed by atoms with Crippen molar-refractivity contribution >= 4 is 11.9 Å². The van der Waals surface area contributed by atoms with E-state index in [0.29, 0.717) is 38.6 Å². The molecule has 2 unspecified atom stereocenters. The van der Waals surface area contributed by atoms with Gasteiger partial charge in [0.1, 0.15) is 6.04 Å². The number of hydrogen-bond acceptors (Lipinski definition) is 4. The van der Waals surface area contributed by atoms with Gasteiger partial charge in [-0.1, -0.05) is 13.8 Å². The zero-order chi connectivity index (χ0) is 14.9. The second-order valence-electron chi connectivity index (χ2n) is 5.08. The van der Waals surface area contributed by atoms with E-state index in [4.69, 9.17) is 15.9 Å². The number of carboxylic acid groups (broad SMARTS) is 1. The molecule has 19 heavy (non-hydrogen) atoms. The minimum atomic E-state index is -0.995. The lowest BCUT2D eigenvalue weighted by atomic mass is 9.83. The van der Waals surface area contributed by atoms with E-state index in [1.807, 2.05) is 13.8 Å². The highest BCUT2D eigenvalue weighted by molar-refractivity contribution is 5.82. The van der Waals surface area contributed by atoms with Crippen molar-refractivity contribution in [1.82, 2.24) is 5.32 Å². The number of nitrogens with two attached hydrogens (primary N) is 1. The Morgan fingerprint density at radius 3 is 2.47 bits per heavy atom. The number of carbonyl (C=O) groups is 2. The van der Waals surface area contributed by atoms with E-state index in [-0.39, 0.29) is 12.5 Å². The summed E-state index contributed by atoms with van der Waals surface area (Å²) in [5, 5.41) is 20.4. The van der Waals surface area contributed by atoms with Crippen LogP contribution in [-0.4, -0.2) is 41.3 Å². The molecule has 0 spiro atoms. The first-order valence-electron chi connectivity index (χ1n) is 6.75. The van der Waals surface area contributed by atoms with Crippen molar-refractivity contribution in [2.75, 3.05) is 13.2 Å². The summed E-state index contributed by atoms with van der Waals surface area (Å²) in [5.74, 6) is -1.06. The molecular weight excluding hydrogens is 248 g/mol. The average molecular weight is 274 g/mol. The summed E-state index contributed by atoms with van der Waals surface area (Å²) >= 11 is 0. The number of aliphatic hydroxyl groups is 1. The molecule has 1 amide bonds. The van der Waals surface area contributed by atoms with Crippen molar-refractivity contribution in [2.45, 2.75) is 52.0 Å². The molecule has 0 aromatic rings. The van der Waals surface area contributed by atoms with Gasteiger partial charge in [0.25, 0.3) is 0 Å². The van der Waals surface area contributed by atoms with Crippen LogP contribution in [-0.2, 0) is 9.59 Å². The number of nitrogens with one attached hydrogen (secondary N) is 1. The first-order chi connectivity index (χ1) is 8.87. The molecule has 0 radical (unpaired) electrons. The predicted molar refractivity (Wildman–Crippen MR) is 72.6 cm³/mol. The van der Waals surface area contributed by atoms with E-state index < -0.39 is 17.4 Å². The first kappa shape index (κ1) is 17.9. The van der Waals surface area contributed by atoms with Gasteiger partial charge in [0.2, 0.25) is 5.91 Å². The van der Waals surface area contributed by atoms with Crippen molar-refractivity contribution < 1.29 is 19.8 Å². The van der Waals surface area contributed by atoms with Crippen molar-refractivity contribution in [3.63, 3.8) is 0 Å². The highest BCUT2D eigenvalue weighted by Crippen LogP contribution is 2.25. The Bertz CT molecular complexity index is 296. The monoisotopic (exact) mass is 274 g/mol. The zero-order valence-electron chi connectivity index (χ0n) is 11.8. The van der Waals surface area contributed by atoms with E-state index in [2.05, 4.69) is 5.32 Å². The Balaban J connectivity index is 3.88. The molecule has 0 aromatic carbocycles. The third-order valence-electron chi connectivity index (χ3n) is 3.54. The molecule has 0 aliphatic carbocycles. The lowest BCUT2D eigenvalue weighted by Gasteiger charge is -2.26. The second kappa shape index (κ2) is 8.87. The van der Waals surface area contributed by atoms with Crippen LogP contribution in [0, 0.1) is 5.41 Å². The summed E-state index contributed by atoms with van der Waals surface area (Å²) in [7, 11) is 0. The van der Waals surface area contributed by atoms with Crippen LogP contribution in [0.15, 0.2) is 0 Å². The van der Waals surface area contributed by atoms with Gasteiger partial charge >= 0.3 is 5.97 Å². The van der Waals surface area contributed by atoms with Gasteiger partial charge in [0, 0.05) is 18.6 Å². The Labute approximate surface area is 114 Å². The Morgan fingerprint density at radius 1 is 1.37 bits per heavy atom. The van der Waals surface area contributed by atoms with E-state index in [9.17, 15) is 9.59 Å². The largest absolute Gasteiger partial charge is 0.480 e.